The maximum absolute atomic E-state index is 11.7. The molecule has 0 atom stereocenters. The lowest BCUT2D eigenvalue weighted by molar-refractivity contribution is 0.975. The first-order valence-electron chi connectivity index (χ1n) is 4.55. The minimum atomic E-state index is -0.271. The van der Waals surface area contributed by atoms with E-state index < -0.39 is 0 Å². The summed E-state index contributed by atoms with van der Waals surface area (Å²) in [4.78, 5) is 18.2. The highest BCUT2D eigenvalue weighted by Gasteiger charge is 2.09. The molecule has 0 saturated carbocycles. The molecule has 6 nitrogen and oxygen atoms in total. The molecular formula is C10H5N5O. The van der Waals surface area contributed by atoms with E-state index in [4.69, 9.17) is 5.26 Å². The molecule has 1 N–H and O–H groups in total. The third-order valence-corrected chi connectivity index (χ3v) is 2.39. The molecule has 0 aliphatic carbocycles. The highest BCUT2D eigenvalue weighted by Crippen LogP contribution is 2.11. The molecule has 0 unspecified atom stereocenters. The summed E-state index contributed by atoms with van der Waals surface area (Å²) < 4.78 is 1.52. The van der Waals surface area contributed by atoms with Crippen LogP contribution in [0.15, 0.2) is 29.5 Å². The van der Waals surface area contributed by atoms with Gasteiger partial charge in [0.15, 0.2) is 5.65 Å². The van der Waals surface area contributed by atoms with Gasteiger partial charge in [0, 0.05) is 12.4 Å². The number of nitrogens with one attached hydrogen (secondary N) is 1. The molecule has 0 bridgehead atoms. The second-order valence-corrected chi connectivity index (χ2v) is 3.28. The fourth-order valence-corrected chi connectivity index (χ4v) is 1.65. The summed E-state index contributed by atoms with van der Waals surface area (Å²) in [5.74, 6) is 0. The van der Waals surface area contributed by atoms with Gasteiger partial charge in [-0.15, -0.1) is 0 Å². The molecule has 16 heavy (non-hydrogen) atoms. The highest BCUT2D eigenvalue weighted by molar-refractivity contribution is 5.79. The number of hydrogen-bond acceptors (Lipinski definition) is 4. The van der Waals surface area contributed by atoms with Crippen LogP contribution in [0.2, 0.25) is 0 Å². The number of fused-ring (bicyclic) bond motifs is 3. The zero-order chi connectivity index (χ0) is 11.1. The Morgan fingerprint density at radius 1 is 1.44 bits per heavy atom. The van der Waals surface area contributed by atoms with E-state index in [1.54, 1.807) is 12.3 Å². The average Bonchev–Trinajstić information content (AvgIpc) is 2.72. The molecule has 0 saturated heterocycles. The van der Waals surface area contributed by atoms with Crippen LogP contribution in [0.5, 0.6) is 0 Å². The van der Waals surface area contributed by atoms with Crippen LogP contribution in [0.25, 0.3) is 16.6 Å². The van der Waals surface area contributed by atoms with Crippen molar-refractivity contribution >= 4 is 16.6 Å². The van der Waals surface area contributed by atoms with Gasteiger partial charge in [-0.3, -0.25) is 9.78 Å². The van der Waals surface area contributed by atoms with Crippen molar-refractivity contribution in [3.63, 3.8) is 0 Å². The Kier molecular flexibility index (Phi) is 1.56. The van der Waals surface area contributed by atoms with Crippen LogP contribution in [0, 0.1) is 11.3 Å². The minimum Gasteiger partial charge on any atom is -0.305 e. The zero-order valence-electron chi connectivity index (χ0n) is 8.01. The third-order valence-electron chi connectivity index (χ3n) is 2.39. The summed E-state index contributed by atoms with van der Waals surface area (Å²) in [5.41, 5.74) is 1.12. The van der Waals surface area contributed by atoms with E-state index in [1.165, 1.54) is 16.9 Å². The molecule has 0 aliphatic heterocycles. The standard InChI is InChI=1S/C10H5N5O/c11-3-6-4-13-15-8-1-2-12-5-7(8)10(16)14-9(6)15/h1-2,4-5H,(H,14,16). The number of aromatic amines is 1. The predicted molar refractivity (Wildman–Crippen MR) is 55.8 cm³/mol. The Balaban J connectivity index is 2.67. The topological polar surface area (TPSA) is 86.8 Å². The second kappa shape index (κ2) is 2.90. The smallest absolute Gasteiger partial charge is 0.260 e. The van der Waals surface area contributed by atoms with E-state index in [1.807, 2.05) is 6.07 Å². The summed E-state index contributed by atoms with van der Waals surface area (Å²) in [5, 5.41) is 13.4. The quantitative estimate of drug-likeness (QED) is 0.584. The number of hydrogen-bond donors (Lipinski definition) is 1. The van der Waals surface area contributed by atoms with Crippen molar-refractivity contribution in [2.24, 2.45) is 0 Å². The largest absolute Gasteiger partial charge is 0.305 e. The Labute approximate surface area is 88.8 Å². The Morgan fingerprint density at radius 3 is 3.12 bits per heavy atom. The summed E-state index contributed by atoms with van der Waals surface area (Å²) in [6, 6.07) is 3.66. The number of rotatable bonds is 0. The monoisotopic (exact) mass is 211 g/mol. The zero-order valence-corrected chi connectivity index (χ0v) is 8.01. The Bertz CT molecular complexity index is 792. The molecule has 0 aliphatic rings. The van der Waals surface area contributed by atoms with Gasteiger partial charge >= 0.3 is 0 Å². The summed E-state index contributed by atoms with van der Waals surface area (Å²) in [6.45, 7) is 0. The molecule has 3 rings (SSSR count). The Morgan fingerprint density at radius 2 is 2.31 bits per heavy atom. The molecule has 0 fully saturated rings. The van der Waals surface area contributed by atoms with E-state index >= 15 is 0 Å². The van der Waals surface area contributed by atoms with Crippen LogP contribution >= 0.6 is 0 Å². The summed E-state index contributed by atoms with van der Waals surface area (Å²) in [6.07, 6.45) is 4.47. The van der Waals surface area contributed by atoms with Crippen molar-refractivity contribution in [1.29, 1.82) is 5.26 Å². The van der Waals surface area contributed by atoms with Crippen LogP contribution in [0.1, 0.15) is 5.56 Å². The number of pyridine rings is 1. The van der Waals surface area contributed by atoms with Gasteiger partial charge in [0.2, 0.25) is 0 Å². The lowest BCUT2D eigenvalue weighted by atomic mass is 10.3. The molecule has 76 valence electrons. The van der Waals surface area contributed by atoms with E-state index in [0.717, 1.165) is 0 Å². The number of nitriles is 1. The third kappa shape index (κ3) is 0.966. The van der Waals surface area contributed by atoms with Gasteiger partial charge in [-0.1, -0.05) is 0 Å². The first-order valence-corrected chi connectivity index (χ1v) is 4.55. The lowest BCUT2D eigenvalue weighted by Gasteiger charge is -1.99. The molecule has 3 aromatic heterocycles. The van der Waals surface area contributed by atoms with Gasteiger partial charge in [0.1, 0.15) is 11.6 Å². The molecule has 3 aromatic rings. The van der Waals surface area contributed by atoms with Crippen LogP contribution in [0.3, 0.4) is 0 Å². The molecule has 0 spiro atoms. The predicted octanol–water partition coefficient (Wildman–Crippen LogP) is 0.442. The van der Waals surface area contributed by atoms with Gasteiger partial charge in [0.25, 0.3) is 5.56 Å². The van der Waals surface area contributed by atoms with Crippen molar-refractivity contribution in [2.75, 3.05) is 0 Å². The molecule has 0 aromatic carbocycles. The average molecular weight is 211 g/mol. The molecule has 0 radical (unpaired) electrons. The summed E-state index contributed by atoms with van der Waals surface area (Å²) in [7, 11) is 0. The van der Waals surface area contributed by atoms with E-state index in [0.29, 0.717) is 22.1 Å². The number of nitrogens with zero attached hydrogens (tertiary/aromatic N) is 4. The molecule has 6 heteroatoms. The summed E-state index contributed by atoms with van der Waals surface area (Å²) >= 11 is 0. The number of aromatic nitrogens is 4. The van der Waals surface area contributed by atoms with Crippen molar-refractivity contribution in [1.82, 2.24) is 19.6 Å². The first-order chi connectivity index (χ1) is 7.81. The van der Waals surface area contributed by atoms with Crippen LogP contribution in [0.4, 0.5) is 0 Å². The maximum atomic E-state index is 11.7. The van der Waals surface area contributed by atoms with E-state index in [2.05, 4.69) is 15.1 Å². The van der Waals surface area contributed by atoms with Gasteiger partial charge in [0.05, 0.1) is 17.1 Å². The molecule has 0 amide bonds. The molecular weight excluding hydrogens is 206 g/mol. The van der Waals surface area contributed by atoms with Crippen LogP contribution < -0.4 is 5.56 Å². The van der Waals surface area contributed by atoms with Crippen molar-refractivity contribution in [3.8, 4) is 6.07 Å². The SMILES string of the molecule is N#Cc1cnn2c1[nH]c(=O)c1cnccc12. The minimum absolute atomic E-state index is 0.271. The van der Waals surface area contributed by atoms with Gasteiger partial charge in [-0.25, -0.2) is 4.52 Å². The van der Waals surface area contributed by atoms with E-state index in [9.17, 15) is 4.79 Å². The normalized spacial score (nSPS) is 10.7. The van der Waals surface area contributed by atoms with Gasteiger partial charge in [-0.05, 0) is 6.07 Å². The lowest BCUT2D eigenvalue weighted by Crippen LogP contribution is -2.10. The van der Waals surface area contributed by atoms with Crippen molar-refractivity contribution in [3.05, 3.63) is 40.6 Å². The maximum Gasteiger partial charge on any atom is 0.260 e. The second-order valence-electron chi connectivity index (χ2n) is 3.28. The fraction of sp³-hybridized carbons (Fsp3) is 0. The Hall–Kier alpha value is -2.68. The van der Waals surface area contributed by atoms with Crippen molar-refractivity contribution < 1.29 is 0 Å². The van der Waals surface area contributed by atoms with Gasteiger partial charge < -0.3 is 4.98 Å². The van der Waals surface area contributed by atoms with Crippen molar-refractivity contribution in [2.45, 2.75) is 0 Å². The van der Waals surface area contributed by atoms with Crippen LogP contribution in [-0.4, -0.2) is 19.6 Å². The number of H-pyrrole nitrogens is 1. The highest BCUT2D eigenvalue weighted by atomic mass is 16.1. The first kappa shape index (κ1) is 8.61. The van der Waals surface area contributed by atoms with E-state index in [-0.39, 0.29) is 5.56 Å². The fourth-order valence-electron chi connectivity index (χ4n) is 1.65. The van der Waals surface area contributed by atoms with Gasteiger partial charge in [-0.2, -0.15) is 10.4 Å². The van der Waals surface area contributed by atoms with Crippen LogP contribution in [-0.2, 0) is 0 Å². The molecule has 3 heterocycles.